The fraction of sp³-hybridized carbons (Fsp3) is 0.391. The number of carbonyl (C=O) groups is 1. The Morgan fingerprint density at radius 2 is 1.94 bits per heavy atom. The molecule has 33 heavy (non-hydrogen) atoms. The molecule has 1 fully saturated rings. The van der Waals surface area contributed by atoms with Crippen LogP contribution in [0, 0.1) is 12.8 Å². The maximum absolute atomic E-state index is 13.7. The third-order valence-corrected chi connectivity index (χ3v) is 5.98. The van der Waals surface area contributed by atoms with E-state index in [9.17, 15) is 18.0 Å². The lowest BCUT2D eigenvalue weighted by Gasteiger charge is -2.40. The van der Waals surface area contributed by atoms with Gasteiger partial charge in [-0.25, -0.2) is 4.98 Å². The zero-order chi connectivity index (χ0) is 23.6. The minimum atomic E-state index is -4.52. The second-order valence-electron chi connectivity index (χ2n) is 8.30. The number of alkyl halides is 3. The first-order valence-corrected chi connectivity index (χ1v) is 10.8. The Labute approximate surface area is 189 Å². The lowest BCUT2D eigenvalue weighted by molar-refractivity contribution is -0.137. The minimum absolute atomic E-state index is 0.101. The largest absolute Gasteiger partial charge is 0.419 e. The van der Waals surface area contributed by atoms with E-state index in [0.717, 1.165) is 24.5 Å². The number of aromatic nitrogens is 4. The van der Waals surface area contributed by atoms with Gasteiger partial charge in [0.05, 0.1) is 35.2 Å². The highest BCUT2D eigenvalue weighted by Gasteiger charge is 2.36. The van der Waals surface area contributed by atoms with Gasteiger partial charge in [0.1, 0.15) is 5.82 Å². The minimum Gasteiger partial charge on any atom is -0.367 e. The maximum Gasteiger partial charge on any atom is 0.419 e. The zero-order valence-corrected chi connectivity index (χ0v) is 18.4. The van der Waals surface area contributed by atoms with E-state index in [1.165, 1.54) is 29.5 Å². The van der Waals surface area contributed by atoms with Gasteiger partial charge < -0.3 is 10.2 Å². The molecule has 3 aromatic rings. The number of halogens is 3. The molecule has 1 saturated heterocycles. The van der Waals surface area contributed by atoms with Gasteiger partial charge in [-0.15, -0.1) is 0 Å². The van der Waals surface area contributed by atoms with E-state index in [2.05, 4.69) is 20.5 Å². The summed E-state index contributed by atoms with van der Waals surface area (Å²) in [6.07, 6.45) is 1.58. The van der Waals surface area contributed by atoms with Crippen LogP contribution in [0.3, 0.4) is 0 Å². The van der Waals surface area contributed by atoms with Crippen molar-refractivity contribution < 1.29 is 18.0 Å². The first kappa shape index (κ1) is 22.8. The molecule has 1 amide bonds. The van der Waals surface area contributed by atoms with E-state index in [1.807, 2.05) is 19.9 Å². The molecule has 4 rings (SSSR count). The molecule has 1 aromatic carbocycles. The van der Waals surface area contributed by atoms with Crippen molar-refractivity contribution in [3.63, 3.8) is 0 Å². The van der Waals surface area contributed by atoms with Crippen molar-refractivity contribution in [3.8, 4) is 5.69 Å². The Bertz CT molecular complexity index is 1120. The number of hydrogen-bond donors (Lipinski definition) is 1. The molecule has 1 N–H and O–H groups in total. The van der Waals surface area contributed by atoms with Gasteiger partial charge in [0.15, 0.2) is 0 Å². The van der Waals surface area contributed by atoms with Gasteiger partial charge in [-0.1, -0.05) is 18.6 Å². The van der Waals surface area contributed by atoms with Crippen molar-refractivity contribution in [1.82, 2.24) is 24.9 Å². The maximum atomic E-state index is 13.7. The van der Waals surface area contributed by atoms with E-state index in [1.54, 1.807) is 17.0 Å². The Morgan fingerprint density at radius 1 is 1.18 bits per heavy atom. The van der Waals surface area contributed by atoms with Crippen molar-refractivity contribution in [2.45, 2.75) is 38.9 Å². The topological polar surface area (TPSA) is 75.9 Å². The first-order valence-electron chi connectivity index (χ1n) is 10.8. The second-order valence-corrected chi connectivity index (χ2v) is 8.30. The molecule has 0 spiro atoms. The summed E-state index contributed by atoms with van der Waals surface area (Å²) in [4.78, 5) is 20.7. The number of nitrogens with zero attached hydrogens (tertiary/aromatic N) is 5. The van der Waals surface area contributed by atoms with Gasteiger partial charge >= 0.3 is 6.18 Å². The summed E-state index contributed by atoms with van der Waals surface area (Å²) in [6, 6.07) is 7.44. The Hall–Kier alpha value is -3.43. The van der Waals surface area contributed by atoms with Crippen LogP contribution < -0.4 is 5.32 Å². The SMILES string of the molecule is Cc1ccc(-n2nccn2)c(C(=O)N2CCC[C@@H](C)C2CNc2ncccc2C(F)(F)F)c1. The molecule has 7 nitrogen and oxygen atoms in total. The lowest BCUT2D eigenvalue weighted by Crippen LogP contribution is -2.51. The second kappa shape index (κ2) is 9.21. The van der Waals surface area contributed by atoms with Gasteiger partial charge in [0, 0.05) is 19.3 Å². The molecule has 1 unspecified atom stereocenters. The van der Waals surface area contributed by atoms with Crippen LogP contribution in [-0.4, -0.2) is 49.9 Å². The number of piperidine rings is 1. The standard InChI is InChI=1S/C23H25F3N6O/c1-15-7-8-19(32-29-10-11-30-32)17(13-15)22(33)31-12-4-5-16(2)20(31)14-28-21-18(23(24,25)26)6-3-9-27-21/h3,6-11,13,16,20H,4-5,12,14H2,1-2H3,(H,27,28)/t16-,20?/m1/s1. The zero-order valence-electron chi connectivity index (χ0n) is 18.4. The summed E-state index contributed by atoms with van der Waals surface area (Å²) >= 11 is 0. The van der Waals surface area contributed by atoms with Gasteiger partial charge in [-0.3, -0.25) is 4.79 Å². The van der Waals surface area contributed by atoms with E-state index >= 15 is 0 Å². The first-order chi connectivity index (χ1) is 15.8. The molecule has 2 atom stereocenters. The molecule has 174 valence electrons. The van der Waals surface area contributed by atoms with Gasteiger partial charge in [-0.2, -0.15) is 28.2 Å². The van der Waals surface area contributed by atoms with Crippen LogP contribution in [0.2, 0.25) is 0 Å². The van der Waals surface area contributed by atoms with Crippen LogP contribution in [-0.2, 0) is 6.18 Å². The number of pyridine rings is 1. The van der Waals surface area contributed by atoms with Crippen molar-refractivity contribution >= 4 is 11.7 Å². The number of carbonyl (C=O) groups excluding carboxylic acids is 1. The van der Waals surface area contributed by atoms with Gasteiger partial charge in [0.2, 0.25) is 0 Å². The van der Waals surface area contributed by atoms with E-state index < -0.39 is 11.7 Å². The van der Waals surface area contributed by atoms with Crippen molar-refractivity contribution in [3.05, 3.63) is 65.6 Å². The summed E-state index contributed by atoms with van der Waals surface area (Å²) in [5, 5.41) is 11.2. The van der Waals surface area contributed by atoms with Crippen molar-refractivity contribution in [2.24, 2.45) is 5.92 Å². The predicted octanol–water partition coefficient (Wildman–Crippen LogP) is 4.34. The highest BCUT2D eigenvalue weighted by molar-refractivity contribution is 5.98. The van der Waals surface area contributed by atoms with Crippen LogP contribution in [0.1, 0.15) is 41.3 Å². The number of nitrogens with one attached hydrogen (secondary N) is 1. The third kappa shape index (κ3) is 4.84. The summed E-state index contributed by atoms with van der Waals surface area (Å²) in [5.74, 6) is -0.321. The van der Waals surface area contributed by atoms with Crippen LogP contribution in [0.15, 0.2) is 48.9 Å². The Balaban J connectivity index is 1.62. The number of hydrogen-bond acceptors (Lipinski definition) is 5. The van der Waals surface area contributed by atoms with E-state index in [0.29, 0.717) is 17.8 Å². The van der Waals surface area contributed by atoms with Crippen molar-refractivity contribution in [1.29, 1.82) is 0 Å². The molecule has 0 aliphatic carbocycles. The lowest BCUT2D eigenvalue weighted by atomic mass is 9.89. The molecular formula is C23H25F3N6O. The molecule has 10 heteroatoms. The summed E-state index contributed by atoms with van der Waals surface area (Å²) in [7, 11) is 0. The normalized spacial score (nSPS) is 18.9. The average molecular weight is 458 g/mol. The third-order valence-electron chi connectivity index (χ3n) is 5.98. The number of amides is 1. The van der Waals surface area contributed by atoms with Crippen molar-refractivity contribution in [2.75, 3.05) is 18.4 Å². The number of anilines is 1. The Morgan fingerprint density at radius 3 is 2.67 bits per heavy atom. The van der Waals surface area contributed by atoms with Crippen LogP contribution in [0.25, 0.3) is 5.69 Å². The highest BCUT2D eigenvalue weighted by atomic mass is 19.4. The summed E-state index contributed by atoms with van der Waals surface area (Å²) < 4.78 is 40.1. The molecule has 1 aliphatic heterocycles. The summed E-state index contributed by atoms with van der Waals surface area (Å²) in [6.45, 7) is 4.59. The fourth-order valence-electron chi connectivity index (χ4n) is 4.28. The molecule has 1 aliphatic rings. The number of rotatable bonds is 5. The smallest absolute Gasteiger partial charge is 0.367 e. The van der Waals surface area contributed by atoms with Gasteiger partial charge in [0.25, 0.3) is 5.91 Å². The van der Waals surface area contributed by atoms with E-state index in [-0.39, 0.29) is 30.2 Å². The summed E-state index contributed by atoms with van der Waals surface area (Å²) in [5.41, 5.74) is 1.11. The molecule has 0 radical (unpaired) electrons. The quantitative estimate of drug-likeness (QED) is 0.616. The van der Waals surface area contributed by atoms with Crippen LogP contribution in [0.5, 0.6) is 0 Å². The predicted molar refractivity (Wildman–Crippen MR) is 117 cm³/mol. The fourth-order valence-corrected chi connectivity index (χ4v) is 4.28. The monoisotopic (exact) mass is 458 g/mol. The Kier molecular flexibility index (Phi) is 6.35. The molecule has 0 saturated carbocycles. The number of benzene rings is 1. The van der Waals surface area contributed by atoms with Gasteiger partial charge in [-0.05, 0) is 49.9 Å². The van der Waals surface area contributed by atoms with E-state index in [4.69, 9.17) is 0 Å². The highest BCUT2D eigenvalue weighted by Crippen LogP contribution is 2.34. The molecule has 2 aromatic heterocycles. The van der Waals surface area contributed by atoms with Crippen LogP contribution >= 0.6 is 0 Å². The molecule has 3 heterocycles. The molecule has 0 bridgehead atoms. The molecular weight excluding hydrogens is 433 g/mol. The number of aryl methyl sites for hydroxylation is 1. The van der Waals surface area contributed by atoms with Crippen LogP contribution in [0.4, 0.5) is 19.0 Å². The number of likely N-dealkylation sites (tertiary alicyclic amines) is 1. The average Bonchev–Trinajstić information content (AvgIpc) is 3.32.